The number of amides is 2. The van der Waals surface area contributed by atoms with Crippen LogP contribution in [0.15, 0.2) is 24.3 Å². The molecule has 5 nitrogen and oxygen atoms in total. The Kier molecular flexibility index (Phi) is 5.13. The molecular weight excluding hydrogens is 316 g/mol. The number of carbonyl (C=O) groups is 2. The first kappa shape index (κ1) is 17.9. The number of carbonyl (C=O) groups excluding carboxylic acids is 2. The highest BCUT2D eigenvalue weighted by Gasteiger charge is 2.29. The smallest absolute Gasteiger partial charge is 0.267 e. The molecular formula is C20H28N2O3. The third-order valence-electron chi connectivity index (χ3n) is 5.26. The lowest BCUT2D eigenvalue weighted by Gasteiger charge is -2.41. The summed E-state index contributed by atoms with van der Waals surface area (Å²) in [5.74, 6) is 0.713. The second kappa shape index (κ2) is 7.16. The summed E-state index contributed by atoms with van der Waals surface area (Å²) in [6.07, 6.45) is 2.55. The molecule has 0 aliphatic carbocycles. The zero-order valence-corrected chi connectivity index (χ0v) is 15.4. The molecule has 2 aliphatic rings. The second-order valence-electron chi connectivity index (χ2n) is 8.06. The number of hydrogen-bond acceptors (Lipinski definition) is 4. The van der Waals surface area contributed by atoms with Gasteiger partial charge in [-0.3, -0.25) is 19.8 Å². The zero-order chi connectivity index (χ0) is 18.0. The summed E-state index contributed by atoms with van der Waals surface area (Å²) in [5.41, 5.74) is 1.58. The van der Waals surface area contributed by atoms with E-state index in [1.165, 1.54) is 18.4 Å². The molecule has 0 unspecified atom stereocenters. The van der Waals surface area contributed by atoms with Crippen LogP contribution in [0, 0.1) is 0 Å². The van der Waals surface area contributed by atoms with Gasteiger partial charge in [-0.25, -0.2) is 0 Å². The highest BCUT2D eigenvalue weighted by molar-refractivity contribution is 5.99. The van der Waals surface area contributed by atoms with Gasteiger partial charge in [-0.15, -0.1) is 0 Å². The van der Waals surface area contributed by atoms with Crippen LogP contribution in [-0.4, -0.2) is 41.4 Å². The highest BCUT2D eigenvalue weighted by Crippen LogP contribution is 2.32. The fourth-order valence-electron chi connectivity index (χ4n) is 3.65. The standard InChI is InChI=1S/C20H28N2O3/c1-20(2,3)22-12-10-15(11-13-22)14-4-6-16(7-5-14)25-17-8-9-18(23)21-19(17)24/h4-7,15,17H,8-13H2,1-3H3,(H,21,23,24)/t17-/m0/s1. The molecule has 1 aromatic carbocycles. The molecule has 25 heavy (non-hydrogen) atoms. The summed E-state index contributed by atoms with van der Waals surface area (Å²) < 4.78 is 5.75. The van der Waals surface area contributed by atoms with Gasteiger partial charge in [0.05, 0.1) is 0 Å². The van der Waals surface area contributed by atoms with Crippen molar-refractivity contribution in [3.63, 3.8) is 0 Å². The van der Waals surface area contributed by atoms with Crippen molar-refractivity contribution in [2.45, 2.75) is 64.0 Å². The van der Waals surface area contributed by atoms with Crippen LogP contribution in [0.4, 0.5) is 0 Å². The van der Waals surface area contributed by atoms with Gasteiger partial charge in [-0.05, 0) is 70.3 Å². The van der Waals surface area contributed by atoms with Gasteiger partial charge in [0.15, 0.2) is 6.10 Å². The van der Waals surface area contributed by atoms with Gasteiger partial charge in [-0.2, -0.15) is 0 Å². The van der Waals surface area contributed by atoms with Crippen molar-refractivity contribution in [1.82, 2.24) is 10.2 Å². The van der Waals surface area contributed by atoms with Gasteiger partial charge in [0.2, 0.25) is 5.91 Å². The minimum absolute atomic E-state index is 0.221. The first-order chi connectivity index (χ1) is 11.8. The average Bonchev–Trinajstić information content (AvgIpc) is 2.57. The third kappa shape index (κ3) is 4.40. The average molecular weight is 344 g/mol. The van der Waals surface area contributed by atoms with Crippen molar-refractivity contribution < 1.29 is 14.3 Å². The van der Waals surface area contributed by atoms with Crippen LogP contribution in [0.25, 0.3) is 0 Å². The van der Waals surface area contributed by atoms with E-state index in [0.717, 1.165) is 13.1 Å². The molecule has 2 heterocycles. The summed E-state index contributed by atoms with van der Waals surface area (Å²) in [6.45, 7) is 9.07. The Morgan fingerprint density at radius 2 is 1.68 bits per heavy atom. The minimum atomic E-state index is -0.571. The van der Waals surface area contributed by atoms with E-state index in [0.29, 0.717) is 24.5 Å². The first-order valence-electron chi connectivity index (χ1n) is 9.18. The van der Waals surface area contributed by atoms with Crippen molar-refractivity contribution in [3.8, 4) is 5.75 Å². The minimum Gasteiger partial charge on any atom is -0.481 e. The van der Waals surface area contributed by atoms with Crippen LogP contribution in [0.1, 0.15) is 57.9 Å². The lowest BCUT2D eigenvalue weighted by atomic mass is 9.87. The summed E-state index contributed by atoms with van der Waals surface area (Å²) in [6, 6.07) is 8.10. The molecule has 1 aromatic rings. The summed E-state index contributed by atoms with van der Waals surface area (Å²) in [7, 11) is 0. The fraction of sp³-hybridized carbons (Fsp3) is 0.600. The molecule has 1 atom stereocenters. The topological polar surface area (TPSA) is 58.6 Å². The van der Waals surface area contributed by atoms with Crippen molar-refractivity contribution in [3.05, 3.63) is 29.8 Å². The predicted octanol–water partition coefficient (Wildman–Crippen LogP) is 2.85. The lowest BCUT2D eigenvalue weighted by Crippen LogP contribution is -2.46. The van der Waals surface area contributed by atoms with Gasteiger partial charge >= 0.3 is 0 Å². The van der Waals surface area contributed by atoms with Crippen molar-refractivity contribution in [2.75, 3.05) is 13.1 Å². The monoisotopic (exact) mass is 344 g/mol. The molecule has 3 rings (SSSR count). The molecule has 1 N–H and O–H groups in total. The molecule has 2 aliphatic heterocycles. The number of likely N-dealkylation sites (tertiary alicyclic amines) is 1. The third-order valence-corrected chi connectivity index (χ3v) is 5.26. The number of piperidine rings is 2. The van der Waals surface area contributed by atoms with Gasteiger partial charge in [0.25, 0.3) is 5.91 Å². The van der Waals surface area contributed by atoms with Gasteiger partial charge in [-0.1, -0.05) is 12.1 Å². The fourth-order valence-corrected chi connectivity index (χ4v) is 3.65. The SMILES string of the molecule is CC(C)(C)N1CCC(c2ccc(O[C@H]3CCC(=O)NC3=O)cc2)CC1. The molecule has 0 aromatic heterocycles. The van der Waals surface area contributed by atoms with Crippen LogP contribution >= 0.6 is 0 Å². The van der Waals surface area contributed by atoms with Crippen LogP contribution in [0.5, 0.6) is 5.75 Å². The predicted molar refractivity (Wildman–Crippen MR) is 96.5 cm³/mol. The Morgan fingerprint density at radius 1 is 1.04 bits per heavy atom. The Morgan fingerprint density at radius 3 is 2.24 bits per heavy atom. The van der Waals surface area contributed by atoms with Crippen molar-refractivity contribution in [2.24, 2.45) is 0 Å². The van der Waals surface area contributed by atoms with E-state index in [4.69, 9.17) is 4.74 Å². The van der Waals surface area contributed by atoms with E-state index < -0.39 is 6.10 Å². The van der Waals surface area contributed by atoms with E-state index in [-0.39, 0.29) is 17.4 Å². The number of nitrogens with zero attached hydrogens (tertiary/aromatic N) is 1. The van der Waals surface area contributed by atoms with Crippen molar-refractivity contribution in [1.29, 1.82) is 0 Å². The molecule has 2 fully saturated rings. The van der Waals surface area contributed by atoms with E-state index in [9.17, 15) is 9.59 Å². The second-order valence-corrected chi connectivity index (χ2v) is 8.06. The Bertz CT molecular complexity index is 625. The number of imide groups is 1. The maximum Gasteiger partial charge on any atom is 0.267 e. The van der Waals surface area contributed by atoms with E-state index in [2.05, 4.69) is 43.1 Å². The van der Waals surface area contributed by atoms with Crippen LogP contribution in [0.3, 0.4) is 0 Å². The number of ether oxygens (including phenoxy) is 1. The summed E-state index contributed by atoms with van der Waals surface area (Å²) in [5, 5.41) is 2.32. The molecule has 0 bridgehead atoms. The molecule has 2 saturated heterocycles. The quantitative estimate of drug-likeness (QED) is 0.857. The molecule has 136 valence electrons. The van der Waals surface area contributed by atoms with Gasteiger partial charge in [0, 0.05) is 18.4 Å². The normalized spacial score (nSPS) is 23.4. The van der Waals surface area contributed by atoms with Gasteiger partial charge in [0.1, 0.15) is 5.75 Å². The Balaban J connectivity index is 1.56. The van der Waals surface area contributed by atoms with Crippen LogP contribution in [0.2, 0.25) is 0 Å². The lowest BCUT2D eigenvalue weighted by molar-refractivity contribution is -0.138. The maximum absolute atomic E-state index is 11.8. The Hall–Kier alpha value is -1.88. The summed E-state index contributed by atoms with van der Waals surface area (Å²) >= 11 is 0. The number of rotatable bonds is 3. The van der Waals surface area contributed by atoms with Gasteiger partial charge < -0.3 is 4.74 Å². The van der Waals surface area contributed by atoms with E-state index in [1.807, 2.05) is 12.1 Å². The van der Waals surface area contributed by atoms with E-state index in [1.54, 1.807) is 0 Å². The highest BCUT2D eigenvalue weighted by atomic mass is 16.5. The number of nitrogens with one attached hydrogen (secondary N) is 1. The van der Waals surface area contributed by atoms with Crippen LogP contribution < -0.4 is 10.1 Å². The number of benzene rings is 1. The van der Waals surface area contributed by atoms with Crippen molar-refractivity contribution >= 4 is 11.8 Å². The number of hydrogen-bond donors (Lipinski definition) is 1. The molecule has 0 saturated carbocycles. The first-order valence-corrected chi connectivity index (χ1v) is 9.18. The van der Waals surface area contributed by atoms with Crippen LogP contribution in [-0.2, 0) is 9.59 Å². The molecule has 0 spiro atoms. The van der Waals surface area contributed by atoms with E-state index >= 15 is 0 Å². The maximum atomic E-state index is 11.8. The molecule has 0 radical (unpaired) electrons. The largest absolute Gasteiger partial charge is 0.481 e. The Labute approximate surface area is 149 Å². The zero-order valence-electron chi connectivity index (χ0n) is 15.4. The molecule has 5 heteroatoms. The summed E-state index contributed by atoms with van der Waals surface area (Å²) in [4.78, 5) is 25.5. The molecule has 2 amide bonds.